The first-order chi connectivity index (χ1) is 4.86. The molecule has 0 amide bonds. The number of hydrogen-bond acceptors (Lipinski definition) is 3. The third-order valence-electron chi connectivity index (χ3n) is 1.28. The second-order valence-electron chi connectivity index (χ2n) is 1.94. The van der Waals surface area contributed by atoms with Crippen LogP contribution in [0.15, 0.2) is 38.3 Å². The van der Waals surface area contributed by atoms with Gasteiger partial charge in [-0.15, -0.1) is 0 Å². The molecule has 10 heavy (non-hydrogen) atoms. The summed E-state index contributed by atoms with van der Waals surface area (Å²) in [6.45, 7) is 0. The first kappa shape index (κ1) is 5.29. The molecule has 0 aliphatic carbocycles. The van der Waals surface area contributed by atoms with Gasteiger partial charge in [-0.05, 0) is 6.07 Å². The van der Waals surface area contributed by atoms with E-state index in [1.807, 2.05) is 0 Å². The van der Waals surface area contributed by atoms with E-state index in [4.69, 9.17) is 4.42 Å². The number of fused-ring (bicyclic) bond motifs is 1. The Morgan fingerprint density at radius 3 is 3.10 bits per heavy atom. The summed E-state index contributed by atoms with van der Waals surface area (Å²) in [6, 6.07) is 3.10. The summed E-state index contributed by atoms with van der Waals surface area (Å²) >= 11 is 0. The van der Waals surface area contributed by atoms with Crippen molar-refractivity contribution in [2.45, 2.75) is 0 Å². The summed E-state index contributed by atoms with van der Waals surface area (Å²) in [6.07, 6.45) is 2.82. The van der Waals surface area contributed by atoms with E-state index >= 15 is 0 Å². The largest absolute Gasteiger partial charge is 0.461 e. The van der Waals surface area contributed by atoms with E-state index in [2.05, 4.69) is 4.42 Å². The van der Waals surface area contributed by atoms with Crippen molar-refractivity contribution in [1.82, 2.24) is 0 Å². The predicted octanol–water partition coefficient (Wildman–Crippen LogP) is 1.39. The molecule has 50 valence electrons. The summed E-state index contributed by atoms with van der Waals surface area (Å²) in [7, 11) is 0. The van der Waals surface area contributed by atoms with E-state index in [1.165, 1.54) is 18.6 Å². The van der Waals surface area contributed by atoms with Gasteiger partial charge in [-0.1, -0.05) is 0 Å². The van der Waals surface area contributed by atoms with Crippen molar-refractivity contribution in [2.75, 3.05) is 0 Å². The van der Waals surface area contributed by atoms with Crippen LogP contribution in [0.25, 0.3) is 11.0 Å². The first-order valence-corrected chi connectivity index (χ1v) is 2.82. The molecule has 0 saturated carbocycles. The zero-order valence-electron chi connectivity index (χ0n) is 5.03. The van der Waals surface area contributed by atoms with Crippen LogP contribution in [0.2, 0.25) is 0 Å². The van der Waals surface area contributed by atoms with Gasteiger partial charge in [0, 0.05) is 11.5 Å². The van der Waals surface area contributed by atoms with Gasteiger partial charge >= 0.3 is 5.63 Å². The Morgan fingerprint density at radius 2 is 2.20 bits per heavy atom. The topological polar surface area (TPSA) is 43.4 Å². The molecule has 0 fully saturated rings. The lowest BCUT2D eigenvalue weighted by Crippen LogP contribution is -1.92. The molecule has 2 aromatic rings. The standard InChI is InChI=1S/C7H4O3/c8-7-3-5-1-2-9-6(5)4-10-7/h1-4H. The van der Waals surface area contributed by atoms with Crippen LogP contribution >= 0.6 is 0 Å². The van der Waals surface area contributed by atoms with Gasteiger partial charge in [-0.3, -0.25) is 0 Å². The molecule has 0 N–H and O–H groups in total. The molecule has 0 spiro atoms. The monoisotopic (exact) mass is 136 g/mol. The molecule has 2 heterocycles. The lowest BCUT2D eigenvalue weighted by atomic mass is 10.3. The second kappa shape index (κ2) is 1.73. The number of rotatable bonds is 0. The van der Waals surface area contributed by atoms with Crippen LogP contribution in [0.4, 0.5) is 0 Å². The fourth-order valence-corrected chi connectivity index (χ4v) is 0.818. The van der Waals surface area contributed by atoms with Crippen molar-refractivity contribution >= 4 is 11.0 Å². The first-order valence-electron chi connectivity index (χ1n) is 2.82. The molecule has 0 atom stereocenters. The summed E-state index contributed by atoms with van der Waals surface area (Å²) < 4.78 is 9.49. The number of hydrogen-bond donors (Lipinski definition) is 0. The molecule has 0 saturated heterocycles. The molecule has 3 nitrogen and oxygen atoms in total. The van der Waals surface area contributed by atoms with Crippen molar-refractivity contribution in [3.8, 4) is 0 Å². The SMILES string of the molecule is O=c1cc2ccoc2co1. The molecule has 3 heteroatoms. The zero-order valence-corrected chi connectivity index (χ0v) is 5.03. The van der Waals surface area contributed by atoms with Crippen molar-refractivity contribution in [2.24, 2.45) is 0 Å². The van der Waals surface area contributed by atoms with E-state index in [-0.39, 0.29) is 5.63 Å². The Bertz CT molecular complexity index is 396. The minimum atomic E-state index is -0.353. The Hall–Kier alpha value is -1.51. The molecule has 0 aliphatic rings. The van der Waals surface area contributed by atoms with Gasteiger partial charge in [0.2, 0.25) is 0 Å². The van der Waals surface area contributed by atoms with Crippen LogP contribution in [0, 0.1) is 0 Å². The molecule has 2 aromatic heterocycles. The Kier molecular flexibility index (Phi) is 0.917. The summed E-state index contributed by atoms with van der Waals surface area (Å²) in [5.74, 6) is 0. The van der Waals surface area contributed by atoms with Crippen LogP contribution in [0.3, 0.4) is 0 Å². The molecule has 0 aromatic carbocycles. The van der Waals surface area contributed by atoms with Gasteiger partial charge in [0.25, 0.3) is 0 Å². The van der Waals surface area contributed by atoms with E-state index < -0.39 is 0 Å². The van der Waals surface area contributed by atoms with E-state index in [1.54, 1.807) is 6.07 Å². The van der Waals surface area contributed by atoms with E-state index in [0.29, 0.717) is 5.58 Å². The molecule has 0 radical (unpaired) electrons. The van der Waals surface area contributed by atoms with Crippen molar-refractivity contribution in [1.29, 1.82) is 0 Å². The molecular weight excluding hydrogens is 132 g/mol. The average Bonchev–Trinajstić information content (AvgIpc) is 2.33. The second-order valence-corrected chi connectivity index (χ2v) is 1.94. The van der Waals surface area contributed by atoms with Gasteiger partial charge in [0.1, 0.15) is 6.26 Å². The van der Waals surface area contributed by atoms with E-state index in [9.17, 15) is 4.79 Å². The minimum absolute atomic E-state index is 0.353. The Morgan fingerprint density at radius 1 is 1.30 bits per heavy atom. The van der Waals surface area contributed by atoms with Crippen LogP contribution in [-0.4, -0.2) is 0 Å². The third kappa shape index (κ3) is 0.639. The third-order valence-corrected chi connectivity index (χ3v) is 1.28. The lowest BCUT2D eigenvalue weighted by molar-refractivity contribution is 0.500. The van der Waals surface area contributed by atoms with Crippen LogP contribution in [0.1, 0.15) is 0 Å². The van der Waals surface area contributed by atoms with Gasteiger partial charge in [0.15, 0.2) is 5.58 Å². The van der Waals surface area contributed by atoms with Crippen molar-refractivity contribution in [3.63, 3.8) is 0 Å². The van der Waals surface area contributed by atoms with Crippen LogP contribution in [0.5, 0.6) is 0 Å². The van der Waals surface area contributed by atoms with E-state index in [0.717, 1.165) is 5.39 Å². The zero-order chi connectivity index (χ0) is 6.97. The smallest absolute Gasteiger partial charge is 0.336 e. The van der Waals surface area contributed by atoms with Gasteiger partial charge in [0.05, 0.1) is 6.26 Å². The fraction of sp³-hybridized carbons (Fsp3) is 0. The minimum Gasteiger partial charge on any atom is -0.461 e. The van der Waals surface area contributed by atoms with Gasteiger partial charge < -0.3 is 8.83 Å². The van der Waals surface area contributed by atoms with Crippen molar-refractivity contribution < 1.29 is 8.83 Å². The highest BCUT2D eigenvalue weighted by Gasteiger charge is 1.95. The van der Waals surface area contributed by atoms with Crippen LogP contribution < -0.4 is 5.63 Å². The van der Waals surface area contributed by atoms with Crippen molar-refractivity contribution in [3.05, 3.63) is 35.1 Å². The predicted molar refractivity (Wildman–Crippen MR) is 34.8 cm³/mol. The number of furan rings is 1. The molecule has 2 rings (SSSR count). The average molecular weight is 136 g/mol. The maximum atomic E-state index is 10.6. The molecule has 0 bridgehead atoms. The summed E-state index contributed by atoms with van der Waals surface area (Å²) in [4.78, 5) is 10.6. The normalized spacial score (nSPS) is 10.4. The fourth-order valence-electron chi connectivity index (χ4n) is 0.818. The Balaban J connectivity index is 2.99. The van der Waals surface area contributed by atoms with Crippen LogP contribution in [-0.2, 0) is 0 Å². The maximum Gasteiger partial charge on any atom is 0.336 e. The summed E-state index contributed by atoms with van der Waals surface area (Å²) in [5.41, 5.74) is 0.244. The lowest BCUT2D eigenvalue weighted by Gasteiger charge is -1.81. The Labute approximate surface area is 55.9 Å². The highest BCUT2D eigenvalue weighted by Crippen LogP contribution is 2.10. The highest BCUT2D eigenvalue weighted by atomic mass is 16.4. The quantitative estimate of drug-likeness (QED) is 0.549. The molecule has 0 aliphatic heterocycles. The highest BCUT2D eigenvalue weighted by molar-refractivity contribution is 5.74. The maximum absolute atomic E-state index is 10.6. The molecule has 0 unspecified atom stereocenters. The molecular formula is C7H4O3. The summed E-state index contributed by atoms with van der Waals surface area (Å²) in [5, 5.41) is 0.774. The van der Waals surface area contributed by atoms with Gasteiger partial charge in [-0.2, -0.15) is 0 Å². The van der Waals surface area contributed by atoms with Gasteiger partial charge in [-0.25, -0.2) is 4.79 Å².